The summed E-state index contributed by atoms with van der Waals surface area (Å²) in [6.45, 7) is 2.04. The van der Waals surface area contributed by atoms with Gasteiger partial charge in [0.2, 0.25) is 0 Å². The van der Waals surface area contributed by atoms with Crippen molar-refractivity contribution in [1.82, 2.24) is 9.38 Å². The molecule has 2 heterocycles. The average molecular weight is 196 g/mol. The van der Waals surface area contributed by atoms with E-state index in [-0.39, 0.29) is 0 Å². The van der Waals surface area contributed by atoms with Gasteiger partial charge in [0.25, 0.3) is 0 Å². The molecule has 0 aliphatic rings. The standard InChI is InChI=1S/C9H10ClN3/c1-2-8-12-9(11)7-4-3-6(10)5-13(7)8/h3-5H,2,11H2,1H3. The van der Waals surface area contributed by atoms with Gasteiger partial charge in [-0.2, -0.15) is 0 Å². The third-order valence-electron chi connectivity index (χ3n) is 2.02. The minimum Gasteiger partial charge on any atom is -0.382 e. The molecule has 2 rings (SSSR count). The molecule has 2 aromatic heterocycles. The smallest absolute Gasteiger partial charge is 0.149 e. The fourth-order valence-electron chi connectivity index (χ4n) is 1.40. The summed E-state index contributed by atoms with van der Waals surface area (Å²) >= 11 is 5.87. The van der Waals surface area contributed by atoms with E-state index >= 15 is 0 Å². The quantitative estimate of drug-likeness (QED) is 0.758. The third kappa shape index (κ3) is 1.25. The number of aromatic nitrogens is 2. The highest BCUT2D eigenvalue weighted by Crippen LogP contribution is 2.18. The van der Waals surface area contributed by atoms with Gasteiger partial charge in [-0.15, -0.1) is 0 Å². The molecule has 0 fully saturated rings. The van der Waals surface area contributed by atoms with Crippen molar-refractivity contribution in [2.45, 2.75) is 13.3 Å². The number of imidazole rings is 1. The predicted octanol–water partition coefficient (Wildman–Crippen LogP) is 2.13. The van der Waals surface area contributed by atoms with E-state index in [1.54, 1.807) is 0 Å². The predicted molar refractivity (Wildman–Crippen MR) is 54.0 cm³/mol. The molecule has 0 aromatic carbocycles. The first-order valence-corrected chi connectivity index (χ1v) is 4.52. The van der Waals surface area contributed by atoms with E-state index in [9.17, 15) is 0 Å². The summed E-state index contributed by atoms with van der Waals surface area (Å²) in [5.41, 5.74) is 6.65. The summed E-state index contributed by atoms with van der Waals surface area (Å²) in [6, 6.07) is 3.69. The Morgan fingerprint density at radius 3 is 3.00 bits per heavy atom. The number of pyridine rings is 1. The maximum absolute atomic E-state index is 5.87. The second kappa shape index (κ2) is 2.92. The van der Waals surface area contributed by atoms with E-state index in [4.69, 9.17) is 17.3 Å². The van der Waals surface area contributed by atoms with Crippen molar-refractivity contribution in [1.29, 1.82) is 0 Å². The van der Waals surface area contributed by atoms with E-state index in [2.05, 4.69) is 4.98 Å². The Labute approximate surface area is 81.1 Å². The minimum absolute atomic E-state index is 0.563. The van der Waals surface area contributed by atoms with Crippen molar-refractivity contribution in [3.63, 3.8) is 0 Å². The number of fused-ring (bicyclic) bond motifs is 1. The summed E-state index contributed by atoms with van der Waals surface area (Å²) < 4.78 is 1.93. The van der Waals surface area contributed by atoms with Gasteiger partial charge >= 0.3 is 0 Å². The minimum atomic E-state index is 0.563. The number of nitrogens with two attached hydrogens (primary N) is 1. The second-order valence-electron chi connectivity index (χ2n) is 2.87. The molecule has 0 spiro atoms. The SMILES string of the molecule is CCc1nc(N)c2ccc(Cl)cn12. The van der Waals surface area contributed by atoms with Crippen LogP contribution in [0, 0.1) is 0 Å². The van der Waals surface area contributed by atoms with Crippen molar-refractivity contribution in [2.24, 2.45) is 0 Å². The van der Waals surface area contributed by atoms with Crippen LogP contribution in [-0.2, 0) is 6.42 Å². The zero-order valence-corrected chi connectivity index (χ0v) is 8.04. The molecule has 2 aromatic rings. The first kappa shape index (κ1) is 8.38. The Balaban J connectivity index is 2.81. The molecule has 0 aliphatic carbocycles. The zero-order chi connectivity index (χ0) is 9.42. The van der Waals surface area contributed by atoms with Crippen LogP contribution in [0.1, 0.15) is 12.7 Å². The summed E-state index contributed by atoms with van der Waals surface area (Å²) in [5, 5.41) is 0.694. The number of hydrogen-bond acceptors (Lipinski definition) is 2. The monoisotopic (exact) mass is 195 g/mol. The number of halogens is 1. The lowest BCUT2D eigenvalue weighted by molar-refractivity contribution is 0.935. The highest BCUT2D eigenvalue weighted by molar-refractivity contribution is 6.30. The Morgan fingerprint density at radius 1 is 1.54 bits per heavy atom. The molecule has 0 amide bonds. The van der Waals surface area contributed by atoms with Gasteiger partial charge in [-0.05, 0) is 12.1 Å². The van der Waals surface area contributed by atoms with Crippen molar-refractivity contribution >= 4 is 22.9 Å². The average Bonchev–Trinajstić information content (AvgIpc) is 2.42. The molecule has 68 valence electrons. The second-order valence-corrected chi connectivity index (χ2v) is 3.31. The highest BCUT2D eigenvalue weighted by atomic mass is 35.5. The molecule has 13 heavy (non-hydrogen) atoms. The summed E-state index contributed by atoms with van der Waals surface area (Å²) in [4.78, 5) is 4.23. The molecule has 0 radical (unpaired) electrons. The number of hydrogen-bond donors (Lipinski definition) is 1. The molecule has 0 saturated carbocycles. The first-order chi connectivity index (χ1) is 6.22. The number of nitrogens with zero attached hydrogens (tertiary/aromatic N) is 2. The summed E-state index contributed by atoms with van der Waals surface area (Å²) in [7, 11) is 0. The van der Waals surface area contributed by atoms with E-state index < -0.39 is 0 Å². The lowest BCUT2D eigenvalue weighted by Gasteiger charge is -1.97. The normalized spacial score (nSPS) is 10.9. The van der Waals surface area contributed by atoms with Crippen molar-refractivity contribution in [2.75, 3.05) is 5.73 Å². The molecule has 0 saturated heterocycles. The molecule has 3 nitrogen and oxygen atoms in total. The summed E-state index contributed by atoms with van der Waals surface area (Å²) in [5.74, 6) is 1.50. The van der Waals surface area contributed by atoms with Crippen LogP contribution in [0.3, 0.4) is 0 Å². The van der Waals surface area contributed by atoms with Crippen LogP contribution >= 0.6 is 11.6 Å². The molecular formula is C9H10ClN3. The molecule has 0 aliphatic heterocycles. The van der Waals surface area contributed by atoms with Gasteiger partial charge in [-0.3, -0.25) is 0 Å². The number of anilines is 1. The largest absolute Gasteiger partial charge is 0.382 e. The van der Waals surface area contributed by atoms with E-state index in [1.807, 2.05) is 29.7 Å². The maximum Gasteiger partial charge on any atom is 0.149 e. The first-order valence-electron chi connectivity index (χ1n) is 4.14. The highest BCUT2D eigenvalue weighted by Gasteiger charge is 2.06. The molecule has 2 N–H and O–H groups in total. The molecule has 0 bridgehead atoms. The van der Waals surface area contributed by atoms with Crippen molar-refractivity contribution in [3.8, 4) is 0 Å². The molecular weight excluding hydrogens is 186 g/mol. The molecule has 4 heteroatoms. The van der Waals surface area contributed by atoms with Crippen LogP contribution in [-0.4, -0.2) is 9.38 Å². The van der Waals surface area contributed by atoms with Gasteiger partial charge in [-0.1, -0.05) is 18.5 Å². The van der Waals surface area contributed by atoms with E-state index in [0.29, 0.717) is 10.8 Å². The number of rotatable bonds is 1. The van der Waals surface area contributed by atoms with Gasteiger partial charge in [0.1, 0.15) is 11.6 Å². The topological polar surface area (TPSA) is 43.3 Å². The lowest BCUT2D eigenvalue weighted by Crippen LogP contribution is -1.91. The summed E-state index contributed by atoms with van der Waals surface area (Å²) in [6.07, 6.45) is 2.68. The van der Waals surface area contributed by atoms with E-state index in [0.717, 1.165) is 17.8 Å². The van der Waals surface area contributed by atoms with Crippen LogP contribution in [0.25, 0.3) is 5.52 Å². The van der Waals surface area contributed by atoms with Gasteiger partial charge in [0, 0.05) is 12.6 Å². The Hall–Kier alpha value is -1.22. The van der Waals surface area contributed by atoms with Gasteiger partial charge < -0.3 is 10.1 Å². The van der Waals surface area contributed by atoms with E-state index in [1.165, 1.54) is 0 Å². The third-order valence-corrected chi connectivity index (χ3v) is 2.24. The fraction of sp³-hybridized carbons (Fsp3) is 0.222. The Morgan fingerprint density at radius 2 is 2.31 bits per heavy atom. The van der Waals surface area contributed by atoms with Crippen molar-refractivity contribution in [3.05, 3.63) is 29.2 Å². The van der Waals surface area contributed by atoms with Crippen LogP contribution in [0.2, 0.25) is 5.02 Å². The Bertz CT molecular complexity index is 447. The molecule has 0 atom stereocenters. The Kier molecular flexibility index (Phi) is 1.88. The van der Waals surface area contributed by atoms with Gasteiger partial charge in [0.15, 0.2) is 0 Å². The molecule has 0 unspecified atom stereocenters. The lowest BCUT2D eigenvalue weighted by atomic mass is 10.4. The van der Waals surface area contributed by atoms with Crippen LogP contribution < -0.4 is 5.73 Å². The van der Waals surface area contributed by atoms with Crippen LogP contribution in [0.5, 0.6) is 0 Å². The van der Waals surface area contributed by atoms with Crippen LogP contribution in [0.15, 0.2) is 18.3 Å². The van der Waals surface area contributed by atoms with Crippen LogP contribution in [0.4, 0.5) is 5.82 Å². The number of aryl methyl sites for hydroxylation is 1. The van der Waals surface area contributed by atoms with Gasteiger partial charge in [0.05, 0.1) is 10.5 Å². The van der Waals surface area contributed by atoms with Crippen molar-refractivity contribution < 1.29 is 0 Å². The zero-order valence-electron chi connectivity index (χ0n) is 7.29. The maximum atomic E-state index is 5.87. The fourth-order valence-corrected chi connectivity index (χ4v) is 1.56. The number of nitrogen functional groups attached to an aromatic ring is 1. The van der Waals surface area contributed by atoms with Gasteiger partial charge in [-0.25, -0.2) is 4.98 Å².